The highest BCUT2D eigenvalue weighted by molar-refractivity contribution is 9.10. The van der Waals surface area contributed by atoms with Crippen LogP contribution in [0.2, 0.25) is 0 Å². The number of halogens is 1. The van der Waals surface area contributed by atoms with Gasteiger partial charge >= 0.3 is 0 Å². The van der Waals surface area contributed by atoms with E-state index < -0.39 is 0 Å². The molecule has 1 aliphatic carbocycles. The highest BCUT2D eigenvalue weighted by Gasteiger charge is 2.23. The Balaban J connectivity index is 2.09. The van der Waals surface area contributed by atoms with Gasteiger partial charge in [-0.15, -0.1) is 0 Å². The number of benzene rings is 1. The second-order valence-electron chi connectivity index (χ2n) is 6.17. The van der Waals surface area contributed by atoms with Gasteiger partial charge in [0.25, 0.3) is 0 Å². The van der Waals surface area contributed by atoms with E-state index in [9.17, 15) is 0 Å². The highest BCUT2D eigenvalue weighted by Crippen LogP contribution is 2.32. The van der Waals surface area contributed by atoms with Crippen LogP contribution in [0.1, 0.15) is 45.6 Å². The standard InChI is InChI=1S/C16H25BrN2/c1-5-16(2,3)19(4)15-9-6-12(10-14(15)17)11-18-13-7-8-13/h6,9-10,13,18H,5,7-8,11H2,1-4H3. The van der Waals surface area contributed by atoms with Gasteiger partial charge in [0, 0.05) is 29.6 Å². The first kappa shape index (κ1) is 14.9. The van der Waals surface area contributed by atoms with Crippen molar-refractivity contribution in [1.29, 1.82) is 0 Å². The molecule has 2 rings (SSSR count). The van der Waals surface area contributed by atoms with Crippen molar-refractivity contribution >= 4 is 21.6 Å². The molecule has 0 bridgehead atoms. The van der Waals surface area contributed by atoms with Gasteiger partial charge in [-0.2, -0.15) is 0 Å². The lowest BCUT2D eigenvalue weighted by molar-refractivity contribution is 0.470. The third-order valence-electron chi connectivity index (χ3n) is 4.32. The summed E-state index contributed by atoms with van der Waals surface area (Å²) in [7, 11) is 2.17. The van der Waals surface area contributed by atoms with Gasteiger partial charge in [0.15, 0.2) is 0 Å². The molecule has 1 saturated carbocycles. The Morgan fingerprint density at radius 3 is 2.58 bits per heavy atom. The summed E-state index contributed by atoms with van der Waals surface area (Å²) in [5.41, 5.74) is 2.79. The first-order valence-corrected chi connectivity index (χ1v) is 7.99. The van der Waals surface area contributed by atoms with Crippen molar-refractivity contribution in [2.24, 2.45) is 0 Å². The predicted molar refractivity (Wildman–Crippen MR) is 86.8 cm³/mol. The summed E-state index contributed by atoms with van der Waals surface area (Å²) in [4.78, 5) is 2.36. The van der Waals surface area contributed by atoms with E-state index >= 15 is 0 Å². The molecule has 0 aromatic heterocycles. The first-order chi connectivity index (χ1) is 8.94. The zero-order chi connectivity index (χ0) is 14.0. The molecular weight excluding hydrogens is 300 g/mol. The SMILES string of the molecule is CCC(C)(C)N(C)c1ccc(CNC2CC2)cc1Br. The fourth-order valence-electron chi connectivity index (χ4n) is 2.05. The number of hydrogen-bond acceptors (Lipinski definition) is 2. The lowest BCUT2D eigenvalue weighted by Gasteiger charge is -2.37. The summed E-state index contributed by atoms with van der Waals surface area (Å²) in [6.07, 6.45) is 3.81. The Morgan fingerprint density at radius 1 is 1.37 bits per heavy atom. The van der Waals surface area contributed by atoms with Gasteiger partial charge < -0.3 is 10.2 Å². The maximum Gasteiger partial charge on any atom is 0.0512 e. The number of hydrogen-bond donors (Lipinski definition) is 1. The highest BCUT2D eigenvalue weighted by atomic mass is 79.9. The van der Waals surface area contributed by atoms with Crippen molar-refractivity contribution in [3.63, 3.8) is 0 Å². The zero-order valence-corrected chi connectivity index (χ0v) is 14.0. The number of rotatable bonds is 6. The average Bonchev–Trinajstić information content (AvgIpc) is 3.19. The fraction of sp³-hybridized carbons (Fsp3) is 0.625. The third kappa shape index (κ3) is 3.73. The largest absolute Gasteiger partial charge is 0.369 e. The van der Waals surface area contributed by atoms with E-state index in [1.807, 2.05) is 0 Å². The minimum atomic E-state index is 0.177. The first-order valence-electron chi connectivity index (χ1n) is 7.19. The number of anilines is 1. The summed E-state index contributed by atoms with van der Waals surface area (Å²) in [5.74, 6) is 0. The van der Waals surface area contributed by atoms with E-state index in [1.54, 1.807) is 0 Å². The van der Waals surface area contributed by atoms with Crippen LogP contribution in [-0.2, 0) is 6.54 Å². The van der Waals surface area contributed by atoms with Gasteiger partial charge in [0.05, 0.1) is 5.69 Å². The lowest BCUT2D eigenvalue weighted by Crippen LogP contribution is -2.40. The van der Waals surface area contributed by atoms with E-state index in [2.05, 4.69) is 72.2 Å². The van der Waals surface area contributed by atoms with E-state index in [1.165, 1.54) is 28.6 Å². The van der Waals surface area contributed by atoms with Gasteiger partial charge in [-0.1, -0.05) is 13.0 Å². The molecular formula is C16H25BrN2. The minimum absolute atomic E-state index is 0.177. The molecule has 0 heterocycles. The van der Waals surface area contributed by atoms with Gasteiger partial charge in [-0.05, 0) is 66.7 Å². The summed E-state index contributed by atoms with van der Waals surface area (Å²) in [6, 6.07) is 7.47. The zero-order valence-electron chi connectivity index (χ0n) is 12.5. The van der Waals surface area contributed by atoms with Crippen LogP contribution in [-0.4, -0.2) is 18.6 Å². The third-order valence-corrected chi connectivity index (χ3v) is 4.95. The van der Waals surface area contributed by atoms with Gasteiger partial charge in [0.1, 0.15) is 0 Å². The Kier molecular flexibility index (Phi) is 4.57. The van der Waals surface area contributed by atoms with Crippen LogP contribution in [0, 0.1) is 0 Å². The average molecular weight is 325 g/mol. The molecule has 1 N–H and O–H groups in total. The van der Waals surface area contributed by atoms with Crippen LogP contribution in [0.3, 0.4) is 0 Å². The maximum atomic E-state index is 3.72. The Bertz CT molecular complexity index is 438. The molecule has 0 radical (unpaired) electrons. The van der Waals surface area contributed by atoms with Crippen molar-refractivity contribution in [2.75, 3.05) is 11.9 Å². The molecule has 0 aliphatic heterocycles. The van der Waals surface area contributed by atoms with Crippen molar-refractivity contribution in [3.8, 4) is 0 Å². The van der Waals surface area contributed by atoms with Gasteiger partial charge in [0.2, 0.25) is 0 Å². The maximum absolute atomic E-state index is 3.72. The molecule has 19 heavy (non-hydrogen) atoms. The minimum Gasteiger partial charge on any atom is -0.369 e. The number of nitrogens with zero attached hydrogens (tertiary/aromatic N) is 1. The molecule has 0 amide bonds. The normalized spacial score (nSPS) is 15.6. The van der Waals surface area contributed by atoms with Crippen LogP contribution in [0.5, 0.6) is 0 Å². The Labute approximate surface area is 125 Å². The molecule has 1 aromatic rings. The van der Waals surface area contributed by atoms with E-state index in [4.69, 9.17) is 0 Å². The molecule has 0 spiro atoms. The Morgan fingerprint density at radius 2 is 2.05 bits per heavy atom. The van der Waals surface area contributed by atoms with Crippen LogP contribution in [0.25, 0.3) is 0 Å². The van der Waals surface area contributed by atoms with Gasteiger partial charge in [-0.3, -0.25) is 0 Å². The molecule has 1 aromatic carbocycles. The summed E-state index contributed by atoms with van der Waals surface area (Å²) >= 11 is 3.72. The molecule has 0 unspecified atom stereocenters. The second kappa shape index (κ2) is 5.84. The molecule has 106 valence electrons. The Hall–Kier alpha value is -0.540. The fourth-order valence-corrected chi connectivity index (χ4v) is 2.74. The molecule has 1 aliphatic rings. The monoisotopic (exact) mass is 324 g/mol. The van der Waals surface area contributed by atoms with Gasteiger partial charge in [-0.25, -0.2) is 0 Å². The molecule has 0 saturated heterocycles. The lowest BCUT2D eigenvalue weighted by atomic mass is 9.99. The van der Waals surface area contributed by atoms with Crippen molar-refractivity contribution in [1.82, 2.24) is 5.32 Å². The molecule has 0 atom stereocenters. The molecule has 3 heteroatoms. The van der Waals surface area contributed by atoms with Crippen molar-refractivity contribution in [3.05, 3.63) is 28.2 Å². The van der Waals surface area contributed by atoms with Crippen LogP contribution in [0.15, 0.2) is 22.7 Å². The van der Waals surface area contributed by atoms with Crippen molar-refractivity contribution in [2.45, 2.75) is 58.2 Å². The smallest absolute Gasteiger partial charge is 0.0512 e. The van der Waals surface area contributed by atoms with E-state index in [0.717, 1.165) is 19.0 Å². The van der Waals surface area contributed by atoms with E-state index in [0.29, 0.717) is 0 Å². The number of nitrogens with one attached hydrogen (secondary N) is 1. The van der Waals surface area contributed by atoms with Crippen LogP contribution >= 0.6 is 15.9 Å². The molecule has 1 fully saturated rings. The predicted octanol–water partition coefficient (Wildman–Crippen LogP) is 4.33. The molecule has 2 nitrogen and oxygen atoms in total. The summed E-state index contributed by atoms with van der Waals surface area (Å²) in [6.45, 7) is 7.77. The second-order valence-corrected chi connectivity index (χ2v) is 7.02. The summed E-state index contributed by atoms with van der Waals surface area (Å²) in [5, 5.41) is 3.56. The topological polar surface area (TPSA) is 15.3 Å². The van der Waals surface area contributed by atoms with Crippen molar-refractivity contribution < 1.29 is 0 Å². The van der Waals surface area contributed by atoms with Crippen LogP contribution in [0.4, 0.5) is 5.69 Å². The van der Waals surface area contributed by atoms with Crippen LogP contribution < -0.4 is 10.2 Å². The quantitative estimate of drug-likeness (QED) is 0.838. The summed E-state index contributed by atoms with van der Waals surface area (Å²) < 4.78 is 1.19. The van der Waals surface area contributed by atoms with E-state index in [-0.39, 0.29) is 5.54 Å².